The molecule has 0 radical (unpaired) electrons. The summed E-state index contributed by atoms with van der Waals surface area (Å²) in [4.78, 5) is 23.6. The Morgan fingerprint density at radius 2 is 1.12 bits per heavy atom. The van der Waals surface area contributed by atoms with Crippen molar-refractivity contribution in [2.24, 2.45) is 0 Å². The van der Waals surface area contributed by atoms with Crippen molar-refractivity contribution >= 4 is 47.2 Å². The molecule has 170 valence electrons. The first-order chi connectivity index (χ1) is 15.4. The Bertz CT molecular complexity index is 874. The van der Waals surface area contributed by atoms with Crippen LogP contribution < -0.4 is 10.6 Å². The molecule has 0 saturated heterocycles. The summed E-state index contributed by atoms with van der Waals surface area (Å²) in [7, 11) is 0. The van der Waals surface area contributed by atoms with Gasteiger partial charge in [-0.05, 0) is 49.3 Å². The average Bonchev–Trinajstić information content (AvgIpc) is 2.75. The third-order valence-corrected chi connectivity index (χ3v) is 5.16. The van der Waals surface area contributed by atoms with Gasteiger partial charge in [0.15, 0.2) is 0 Å². The Hall–Kier alpha value is -2.70. The van der Waals surface area contributed by atoms with E-state index in [1.165, 1.54) is 48.6 Å². The minimum Gasteiger partial charge on any atom is -0.353 e. The zero-order valence-electron chi connectivity index (χ0n) is 17.3. The van der Waals surface area contributed by atoms with E-state index < -0.39 is 11.6 Å². The molecular formula is C24H24Cl2F2N2O2. The van der Waals surface area contributed by atoms with Crippen molar-refractivity contribution in [2.75, 3.05) is 13.1 Å². The number of unbranched alkanes of at least 4 members (excludes halogenated alkanes) is 3. The zero-order valence-corrected chi connectivity index (χ0v) is 18.9. The molecule has 2 aromatic rings. The van der Waals surface area contributed by atoms with Crippen LogP contribution in [-0.4, -0.2) is 24.9 Å². The molecule has 0 saturated carbocycles. The summed E-state index contributed by atoms with van der Waals surface area (Å²) < 4.78 is 27.3. The van der Waals surface area contributed by atoms with Gasteiger partial charge in [0.25, 0.3) is 0 Å². The van der Waals surface area contributed by atoms with Crippen LogP contribution in [0.25, 0.3) is 12.2 Å². The van der Waals surface area contributed by atoms with E-state index in [1.54, 1.807) is 12.1 Å². The van der Waals surface area contributed by atoms with E-state index in [2.05, 4.69) is 10.6 Å². The normalized spacial score (nSPS) is 11.2. The predicted octanol–water partition coefficient (Wildman–Crippen LogP) is 5.79. The van der Waals surface area contributed by atoms with Crippen molar-refractivity contribution in [3.63, 3.8) is 0 Å². The van der Waals surface area contributed by atoms with Gasteiger partial charge in [-0.1, -0.05) is 48.2 Å². The van der Waals surface area contributed by atoms with E-state index in [0.717, 1.165) is 25.7 Å². The van der Waals surface area contributed by atoms with Crippen LogP contribution >= 0.6 is 23.2 Å². The Morgan fingerprint density at radius 1 is 0.719 bits per heavy atom. The maximum absolute atomic E-state index is 13.6. The number of carbonyl (C=O) groups excluding carboxylic acids is 2. The van der Waals surface area contributed by atoms with Crippen LogP contribution in [0.4, 0.5) is 8.78 Å². The minimum atomic E-state index is -0.486. The van der Waals surface area contributed by atoms with E-state index in [1.807, 2.05) is 0 Å². The van der Waals surface area contributed by atoms with E-state index in [0.29, 0.717) is 13.1 Å². The standard InChI is InChI=1S/C24H24Cl2F2N2O2/c25-19-7-5-9-21(27)17(19)11-13-23(31)29-15-3-1-2-4-16-30-24(32)14-12-18-20(26)8-6-10-22(18)28/h5-14H,1-4,15-16H2,(H,29,31)(H,30,32)/b13-11+,14-12+. The molecule has 0 fully saturated rings. The lowest BCUT2D eigenvalue weighted by Gasteiger charge is -2.04. The van der Waals surface area contributed by atoms with E-state index in [4.69, 9.17) is 23.2 Å². The van der Waals surface area contributed by atoms with Gasteiger partial charge in [-0.15, -0.1) is 0 Å². The molecule has 2 amide bonds. The molecule has 2 N–H and O–H groups in total. The number of carbonyl (C=O) groups is 2. The van der Waals surface area contributed by atoms with Gasteiger partial charge in [0.1, 0.15) is 11.6 Å². The molecule has 0 atom stereocenters. The second-order valence-corrected chi connectivity index (χ2v) is 7.75. The molecule has 0 aromatic heterocycles. The lowest BCUT2D eigenvalue weighted by atomic mass is 10.2. The summed E-state index contributed by atoms with van der Waals surface area (Å²) >= 11 is 11.8. The monoisotopic (exact) mass is 480 g/mol. The number of amides is 2. The van der Waals surface area contributed by atoms with Crippen LogP contribution in [0.2, 0.25) is 10.0 Å². The van der Waals surface area contributed by atoms with Crippen molar-refractivity contribution in [1.82, 2.24) is 10.6 Å². The summed E-state index contributed by atoms with van der Waals surface area (Å²) in [5.41, 5.74) is 0.358. The quantitative estimate of drug-likeness (QED) is 0.315. The highest BCUT2D eigenvalue weighted by Crippen LogP contribution is 2.21. The lowest BCUT2D eigenvalue weighted by molar-refractivity contribution is -0.117. The first-order valence-corrected chi connectivity index (χ1v) is 10.9. The van der Waals surface area contributed by atoms with Crippen LogP contribution in [-0.2, 0) is 9.59 Å². The van der Waals surface area contributed by atoms with Crippen LogP contribution in [0.1, 0.15) is 36.8 Å². The van der Waals surface area contributed by atoms with Crippen molar-refractivity contribution in [3.8, 4) is 0 Å². The van der Waals surface area contributed by atoms with E-state index in [-0.39, 0.29) is 33.0 Å². The topological polar surface area (TPSA) is 58.2 Å². The van der Waals surface area contributed by atoms with Gasteiger partial charge in [-0.3, -0.25) is 9.59 Å². The Kier molecular flexibility index (Phi) is 10.9. The van der Waals surface area contributed by atoms with Gasteiger partial charge in [0.05, 0.1) is 10.0 Å². The van der Waals surface area contributed by atoms with Crippen LogP contribution in [0.15, 0.2) is 48.6 Å². The van der Waals surface area contributed by atoms with Gasteiger partial charge in [0.2, 0.25) is 11.8 Å². The fourth-order valence-corrected chi connectivity index (χ4v) is 3.25. The maximum Gasteiger partial charge on any atom is 0.244 e. The minimum absolute atomic E-state index is 0.179. The molecule has 2 rings (SSSR count). The second-order valence-electron chi connectivity index (χ2n) is 6.93. The van der Waals surface area contributed by atoms with Gasteiger partial charge in [-0.2, -0.15) is 0 Å². The summed E-state index contributed by atoms with van der Waals surface area (Å²) in [5.74, 6) is -1.61. The largest absolute Gasteiger partial charge is 0.353 e. The number of rotatable bonds is 11. The molecule has 0 bridgehead atoms. The molecule has 0 aliphatic heterocycles. The van der Waals surface area contributed by atoms with Crippen LogP contribution in [0.5, 0.6) is 0 Å². The van der Waals surface area contributed by atoms with Crippen molar-refractivity contribution in [1.29, 1.82) is 0 Å². The summed E-state index contributed by atoms with van der Waals surface area (Å²) in [6.45, 7) is 0.985. The first kappa shape index (κ1) is 25.6. The SMILES string of the molecule is O=C(/C=C/c1c(F)cccc1Cl)NCCCCCCNC(=O)/C=C/c1c(F)cccc1Cl. The molecule has 8 heteroatoms. The Labute approximate surface area is 196 Å². The molecule has 0 heterocycles. The molecule has 0 unspecified atom stereocenters. The summed E-state index contributed by atoms with van der Waals surface area (Å²) in [6, 6.07) is 8.67. The van der Waals surface area contributed by atoms with Gasteiger partial charge < -0.3 is 10.6 Å². The maximum atomic E-state index is 13.6. The molecule has 0 aliphatic carbocycles. The van der Waals surface area contributed by atoms with E-state index in [9.17, 15) is 18.4 Å². The van der Waals surface area contributed by atoms with Crippen molar-refractivity contribution in [3.05, 3.63) is 81.4 Å². The van der Waals surface area contributed by atoms with Gasteiger partial charge >= 0.3 is 0 Å². The number of hydrogen-bond acceptors (Lipinski definition) is 2. The molecular weight excluding hydrogens is 457 g/mol. The number of halogens is 4. The smallest absolute Gasteiger partial charge is 0.244 e. The van der Waals surface area contributed by atoms with Gasteiger partial charge in [0, 0.05) is 36.4 Å². The third-order valence-electron chi connectivity index (χ3n) is 4.50. The fourth-order valence-electron chi connectivity index (χ4n) is 2.80. The third kappa shape index (κ3) is 8.81. The van der Waals surface area contributed by atoms with Crippen molar-refractivity contribution < 1.29 is 18.4 Å². The fraction of sp³-hybridized carbons (Fsp3) is 0.250. The lowest BCUT2D eigenvalue weighted by Crippen LogP contribution is -2.23. The first-order valence-electron chi connectivity index (χ1n) is 10.2. The molecule has 32 heavy (non-hydrogen) atoms. The average molecular weight is 481 g/mol. The zero-order chi connectivity index (χ0) is 23.3. The number of benzene rings is 2. The van der Waals surface area contributed by atoms with E-state index >= 15 is 0 Å². The highest BCUT2D eigenvalue weighted by molar-refractivity contribution is 6.32. The Balaban J connectivity index is 1.56. The summed E-state index contributed by atoms with van der Waals surface area (Å²) in [5, 5.41) is 5.95. The number of hydrogen-bond donors (Lipinski definition) is 2. The highest BCUT2D eigenvalue weighted by Gasteiger charge is 2.05. The Morgan fingerprint density at radius 3 is 1.50 bits per heavy atom. The van der Waals surface area contributed by atoms with Gasteiger partial charge in [-0.25, -0.2) is 8.78 Å². The van der Waals surface area contributed by atoms with Crippen LogP contribution in [0.3, 0.4) is 0 Å². The second kappa shape index (κ2) is 13.7. The molecule has 4 nitrogen and oxygen atoms in total. The molecule has 0 aliphatic rings. The van der Waals surface area contributed by atoms with Crippen molar-refractivity contribution in [2.45, 2.75) is 25.7 Å². The number of nitrogens with one attached hydrogen (secondary N) is 2. The van der Waals surface area contributed by atoms with Crippen LogP contribution in [0, 0.1) is 11.6 Å². The predicted molar refractivity (Wildman–Crippen MR) is 125 cm³/mol. The highest BCUT2D eigenvalue weighted by atomic mass is 35.5. The summed E-state index contributed by atoms with van der Waals surface area (Å²) in [6.07, 6.45) is 8.51. The molecule has 0 spiro atoms. The molecule has 2 aromatic carbocycles.